The molecule has 0 bridgehead atoms. The first-order chi connectivity index (χ1) is 58.1. The molecular formula is C84H90N24O13. The van der Waals surface area contributed by atoms with Crippen molar-refractivity contribution in [1.29, 1.82) is 0 Å². The Morgan fingerprint density at radius 1 is 0.347 bits per heavy atom. The van der Waals surface area contributed by atoms with Gasteiger partial charge in [0, 0.05) is 50.5 Å². The van der Waals surface area contributed by atoms with Crippen molar-refractivity contribution in [1.82, 2.24) is 79.8 Å². The molecule has 4 aliphatic heterocycles. The number of likely N-dealkylation sites (tertiary alicyclic amines) is 3. The van der Waals surface area contributed by atoms with Crippen LogP contribution in [0.5, 0.6) is 0 Å². The number of pyridine rings is 4. The van der Waals surface area contributed by atoms with Crippen LogP contribution in [0.3, 0.4) is 0 Å². The van der Waals surface area contributed by atoms with E-state index in [4.69, 9.17) is 28.0 Å². The van der Waals surface area contributed by atoms with Crippen LogP contribution in [0.1, 0.15) is 167 Å². The van der Waals surface area contributed by atoms with Crippen molar-refractivity contribution in [2.24, 2.45) is 46.6 Å². The highest BCUT2D eigenvalue weighted by Gasteiger charge is 2.38. The SMILES string of the molecule is CC1CCC(c2ccc3nc[nH]c3c2)N(C(=O)C(=O)Nc2cncc(C(N)=O)c2)C1.CC1CCC(c2ccc3nc[nH]c3c2)NC1.C[C@@H]1CC[C@@H](c2ccc3nc[nH]c3c2)N(C(=O)C(=O)Nc2cncc(C(N)=O)c2)C1.C[C@H]1CC[C@H](c2ccc3nc[nH]c3c2)N(C(=O)C(=O)Nc2cncc(C(N)=O)c2)C1.NC(=O)c1cncc(NC(=O)C(=O)O)c1. The Bertz CT molecular complexity index is 5450. The van der Waals surface area contributed by atoms with Gasteiger partial charge in [0.25, 0.3) is 0 Å². The van der Waals surface area contributed by atoms with Crippen molar-refractivity contribution in [3.05, 3.63) is 216 Å². The molecule has 8 aromatic heterocycles. The molecule has 4 saturated heterocycles. The number of aromatic nitrogens is 12. The zero-order chi connectivity index (χ0) is 86.1. The van der Waals surface area contributed by atoms with Gasteiger partial charge < -0.3 is 89.3 Å². The molecule has 0 aliphatic carbocycles. The maximum atomic E-state index is 13.0. The predicted octanol–water partition coefficient (Wildman–Crippen LogP) is 7.81. The summed E-state index contributed by atoms with van der Waals surface area (Å²) in [6.45, 7) is 11.1. The first kappa shape index (κ1) is 85.3. The number of anilines is 4. The smallest absolute Gasteiger partial charge is 0.394 e. The third kappa shape index (κ3) is 21.8. The van der Waals surface area contributed by atoms with Crippen molar-refractivity contribution in [3.63, 3.8) is 0 Å². The predicted molar refractivity (Wildman–Crippen MR) is 445 cm³/mol. The van der Waals surface area contributed by atoms with Gasteiger partial charge in [-0.3, -0.25) is 72.7 Å². The lowest BCUT2D eigenvalue weighted by Gasteiger charge is -2.38. The zero-order valence-corrected chi connectivity index (χ0v) is 66.3. The Balaban J connectivity index is 0.000000142. The minimum Gasteiger partial charge on any atom is -0.474 e. The van der Waals surface area contributed by atoms with Crippen LogP contribution in [0.25, 0.3) is 44.1 Å². The number of aromatic amines is 4. The molecule has 0 spiro atoms. The third-order valence-corrected chi connectivity index (χ3v) is 21.1. The Labute approximate surface area is 690 Å². The van der Waals surface area contributed by atoms with Crippen LogP contribution in [-0.2, 0) is 38.4 Å². The highest BCUT2D eigenvalue weighted by atomic mass is 16.4. The number of aliphatic carboxylic acids is 1. The minimum absolute atomic E-state index is 0.0817. The number of carboxylic acid groups (broad SMARTS) is 1. The number of carbonyl (C=O) groups excluding carboxylic acids is 11. The molecule has 12 aromatic rings. The van der Waals surface area contributed by atoms with E-state index in [1.54, 1.807) is 40.0 Å². The number of fused-ring (bicyclic) bond motifs is 4. The summed E-state index contributed by atoms with van der Waals surface area (Å²) in [4.78, 5) is 192. The molecule has 624 valence electrons. The van der Waals surface area contributed by atoms with E-state index in [2.05, 4.69) is 127 Å². The van der Waals surface area contributed by atoms with Gasteiger partial charge in [-0.2, -0.15) is 0 Å². The fraction of sp³-hybridized carbons (Fsp3) is 0.286. The van der Waals surface area contributed by atoms with Crippen molar-refractivity contribution in [2.45, 2.75) is 103 Å². The molecule has 37 nitrogen and oxygen atoms in total. The van der Waals surface area contributed by atoms with Crippen LogP contribution in [0.4, 0.5) is 22.7 Å². The van der Waals surface area contributed by atoms with Gasteiger partial charge in [0.2, 0.25) is 23.6 Å². The second-order valence-corrected chi connectivity index (χ2v) is 30.3. The van der Waals surface area contributed by atoms with Gasteiger partial charge in [-0.05, 0) is 177 Å². The number of benzene rings is 4. The molecule has 121 heavy (non-hydrogen) atoms. The van der Waals surface area contributed by atoms with E-state index in [-0.39, 0.29) is 80.9 Å². The summed E-state index contributed by atoms with van der Waals surface area (Å²) in [6, 6.07) is 29.3. The number of piperidine rings is 4. The number of imidazole rings is 4. The fourth-order valence-electron chi connectivity index (χ4n) is 14.8. The third-order valence-electron chi connectivity index (χ3n) is 21.1. The quantitative estimate of drug-likeness (QED) is 0.0518. The number of nitrogens with one attached hydrogen (secondary N) is 9. The van der Waals surface area contributed by atoms with E-state index in [9.17, 15) is 57.5 Å². The number of amides is 11. The molecule has 4 aliphatic rings. The summed E-state index contributed by atoms with van der Waals surface area (Å²) in [6.07, 6.45) is 24.7. The average Bonchev–Trinajstić information content (AvgIpc) is 1.76. The van der Waals surface area contributed by atoms with Crippen molar-refractivity contribution in [2.75, 3.05) is 47.4 Å². The van der Waals surface area contributed by atoms with Crippen LogP contribution >= 0.6 is 0 Å². The highest BCUT2D eigenvalue weighted by Crippen LogP contribution is 2.38. The number of hydrogen-bond donors (Lipinski definition) is 14. The average molecular weight is 1640 g/mol. The second-order valence-electron chi connectivity index (χ2n) is 30.3. The van der Waals surface area contributed by atoms with Gasteiger partial charge >= 0.3 is 47.3 Å². The molecule has 11 amide bonds. The van der Waals surface area contributed by atoms with E-state index >= 15 is 0 Å². The number of rotatable bonds is 12. The maximum absolute atomic E-state index is 13.0. The van der Waals surface area contributed by atoms with E-state index in [0.29, 0.717) is 25.7 Å². The summed E-state index contributed by atoms with van der Waals surface area (Å²) in [7, 11) is 0. The normalized spacial score (nSPS) is 18.7. The van der Waals surface area contributed by atoms with E-state index < -0.39 is 70.9 Å². The lowest BCUT2D eigenvalue weighted by molar-refractivity contribution is -0.147. The molecule has 0 radical (unpaired) electrons. The largest absolute Gasteiger partial charge is 0.474 e. The molecule has 16 rings (SSSR count). The zero-order valence-electron chi connectivity index (χ0n) is 66.3. The standard InChI is InChI=1S/3C21H22N6O3.C13H17N3.C8H7N3O4/c3*1-12-2-5-18(13-3-4-16-17(7-13)25-11-24-16)27(10-12)21(30)20(29)26-15-6-14(19(22)28)8-23-9-15;1-9-2-4-11(14-7-9)10-3-5-12-13(6-10)16-8-15-12;9-6(12)4-1-5(3-10-2-4)11-7(13)8(14)15/h3*3-4,6-9,11-12,18H,2,5,10H2,1H3,(H2,22,28)(H,24,25)(H,26,29);3,5-6,8-9,11,14H,2,4,7H2,1H3,(H,15,16);1-3H,(H2,9,12)(H,11,13)(H,14,15)/t2*12-,18+;;;/m10.../s1. The van der Waals surface area contributed by atoms with Crippen molar-refractivity contribution >= 4 is 138 Å². The van der Waals surface area contributed by atoms with Gasteiger partial charge in [-0.1, -0.05) is 52.0 Å². The number of hydrogen-bond acceptors (Lipinski definition) is 21. The van der Waals surface area contributed by atoms with Gasteiger partial charge in [-0.15, -0.1) is 0 Å². The topological polar surface area (TPSA) is 565 Å². The lowest BCUT2D eigenvalue weighted by Crippen LogP contribution is -2.46. The van der Waals surface area contributed by atoms with Gasteiger partial charge in [0.1, 0.15) is 0 Å². The maximum Gasteiger partial charge on any atom is 0.394 e. The number of nitrogens with two attached hydrogens (primary N) is 4. The van der Waals surface area contributed by atoms with Gasteiger partial charge in [0.15, 0.2) is 0 Å². The number of primary amides is 4. The Hall–Kier alpha value is -15.0. The first-order valence-electron chi connectivity index (χ1n) is 38.9. The Morgan fingerprint density at radius 3 is 0.893 bits per heavy atom. The first-order valence-corrected chi connectivity index (χ1v) is 38.9. The van der Waals surface area contributed by atoms with Crippen molar-refractivity contribution < 1.29 is 62.6 Å². The fourth-order valence-corrected chi connectivity index (χ4v) is 14.8. The van der Waals surface area contributed by atoms with Crippen LogP contribution in [0, 0.1) is 23.7 Å². The molecule has 4 aromatic carbocycles. The Morgan fingerprint density at radius 2 is 0.620 bits per heavy atom. The lowest BCUT2D eigenvalue weighted by atomic mass is 9.89. The van der Waals surface area contributed by atoms with Crippen LogP contribution in [0.15, 0.2) is 172 Å². The molecule has 37 heteroatoms. The molecule has 12 heterocycles. The number of carboxylic acids is 1. The summed E-state index contributed by atoms with van der Waals surface area (Å²) in [5.74, 6) is -8.07. The number of nitrogens with zero attached hydrogens (tertiary/aromatic N) is 11. The number of H-pyrrole nitrogens is 4. The molecule has 8 atom stereocenters. The molecule has 4 fully saturated rings. The summed E-state index contributed by atoms with van der Waals surface area (Å²) in [5, 5.41) is 21.5. The minimum atomic E-state index is -1.63. The summed E-state index contributed by atoms with van der Waals surface area (Å²) < 4.78 is 0. The van der Waals surface area contributed by atoms with E-state index in [1.165, 1.54) is 92.2 Å². The Kier molecular flexibility index (Phi) is 27.4. The second kappa shape index (κ2) is 38.8. The van der Waals surface area contributed by atoms with Gasteiger partial charge in [-0.25, -0.2) is 24.7 Å². The molecule has 0 saturated carbocycles. The molecule has 4 unspecified atom stereocenters. The summed E-state index contributed by atoms with van der Waals surface area (Å²) in [5.41, 5.74) is 33.7. The van der Waals surface area contributed by atoms with Gasteiger partial charge in [0.05, 0.1) is 157 Å². The van der Waals surface area contributed by atoms with E-state index in [0.717, 1.165) is 112 Å². The number of carbonyl (C=O) groups is 12. The molecular weight excluding hydrogens is 1550 g/mol. The van der Waals surface area contributed by atoms with E-state index in [1.807, 2.05) is 59.9 Å². The molecule has 18 N–H and O–H groups in total. The highest BCUT2D eigenvalue weighted by molar-refractivity contribution is 6.41. The van der Waals surface area contributed by atoms with Crippen molar-refractivity contribution in [3.8, 4) is 0 Å². The van der Waals surface area contributed by atoms with Crippen LogP contribution in [0.2, 0.25) is 0 Å². The summed E-state index contributed by atoms with van der Waals surface area (Å²) >= 11 is 0. The van der Waals surface area contributed by atoms with Crippen LogP contribution < -0.4 is 49.5 Å². The monoisotopic (exact) mass is 1640 g/mol. The van der Waals surface area contributed by atoms with Crippen LogP contribution in [-0.4, -0.2) is 177 Å².